The molecule has 2 aromatic rings. The smallest absolute Gasteiger partial charge is 0.221 e. The fourth-order valence-electron chi connectivity index (χ4n) is 3.95. The van der Waals surface area contributed by atoms with Crippen molar-refractivity contribution < 1.29 is 4.79 Å². The van der Waals surface area contributed by atoms with Crippen molar-refractivity contribution in [3.8, 4) is 0 Å². The van der Waals surface area contributed by atoms with Gasteiger partial charge in [-0.05, 0) is 51.4 Å². The van der Waals surface area contributed by atoms with E-state index in [1.165, 1.54) is 31.2 Å². The molecule has 1 aromatic carbocycles. The molecule has 1 saturated heterocycles. The molecule has 2 heterocycles. The lowest BCUT2D eigenvalue weighted by atomic mass is 10.0. The minimum Gasteiger partial charge on any atom is -0.354 e. The number of nitrogens with zero attached hydrogens (tertiary/aromatic N) is 3. The van der Waals surface area contributed by atoms with Crippen molar-refractivity contribution in [1.82, 2.24) is 20.0 Å². The van der Waals surface area contributed by atoms with E-state index in [9.17, 15) is 4.79 Å². The van der Waals surface area contributed by atoms with Gasteiger partial charge in [-0.2, -0.15) is 5.10 Å². The summed E-state index contributed by atoms with van der Waals surface area (Å²) in [7, 11) is 0. The molecule has 0 radical (unpaired) electrons. The fourth-order valence-corrected chi connectivity index (χ4v) is 3.95. The summed E-state index contributed by atoms with van der Waals surface area (Å²) in [4.78, 5) is 15.0. The van der Waals surface area contributed by atoms with Gasteiger partial charge in [-0.1, -0.05) is 43.2 Å². The summed E-state index contributed by atoms with van der Waals surface area (Å²) in [6, 6.07) is 12.9. The number of benzene rings is 1. The van der Waals surface area contributed by atoms with Crippen LogP contribution in [0.25, 0.3) is 0 Å². The maximum Gasteiger partial charge on any atom is 0.221 e. The van der Waals surface area contributed by atoms with Crippen molar-refractivity contribution in [1.29, 1.82) is 0 Å². The Bertz CT molecular complexity index is 717. The molecule has 1 aliphatic rings. The highest BCUT2D eigenvalue weighted by molar-refractivity contribution is 5.75. The monoisotopic (exact) mass is 368 g/mol. The van der Waals surface area contributed by atoms with E-state index in [1.54, 1.807) is 0 Å². The zero-order chi connectivity index (χ0) is 19.1. The molecular formula is C22H32N4O. The molecule has 1 aromatic heterocycles. The summed E-state index contributed by atoms with van der Waals surface area (Å²) in [6.07, 6.45) is 5.58. The molecule has 0 aliphatic carbocycles. The number of carbonyl (C=O) groups is 1. The van der Waals surface area contributed by atoms with Crippen LogP contribution in [0.3, 0.4) is 0 Å². The molecule has 5 heteroatoms. The van der Waals surface area contributed by atoms with E-state index < -0.39 is 0 Å². The van der Waals surface area contributed by atoms with E-state index in [4.69, 9.17) is 0 Å². The maximum atomic E-state index is 12.5. The van der Waals surface area contributed by atoms with Crippen LogP contribution in [0.2, 0.25) is 0 Å². The first kappa shape index (κ1) is 19.6. The predicted molar refractivity (Wildman–Crippen MR) is 109 cm³/mol. The summed E-state index contributed by atoms with van der Waals surface area (Å²) in [5.74, 6) is 0.0957. The van der Waals surface area contributed by atoms with E-state index in [0.717, 1.165) is 24.5 Å². The Kier molecular flexibility index (Phi) is 7.04. The van der Waals surface area contributed by atoms with Crippen molar-refractivity contribution in [2.45, 2.75) is 58.5 Å². The molecule has 1 atom stereocenters. The van der Waals surface area contributed by atoms with Crippen LogP contribution in [0, 0.1) is 13.8 Å². The van der Waals surface area contributed by atoms with Crippen LogP contribution in [0.15, 0.2) is 36.4 Å². The Morgan fingerprint density at radius 2 is 1.81 bits per heavy atom. The summed E-state index contributed by atoms with van der Waals surface area (Å²) in [6.45, 7) is 7.53. The summed E-state index contributed by atoms with van der Waals surface area (Å²) < 4.78 is 1.92. The predicted octanol–water partition coefficient (Wildman–Crippen LogP) is 3.62. The third kappa shape index (κ3) is 5.67. The van der Waals surface area contributed by atoms with Crippen LogP contribution in [-0.2, 0) is 11.3 Å². The van der Waals surface area contributed by atoms with Gasteiger partial charge in [-0.15, -0.1) is 0 Å². The van der Waals surface area contributed by atoms with Crippen LogP contribution >= 0.6 is 0 Å². The Hall–Kier alpha value is -2.14. The van der Waals surface area contributed by atoms with Crippen LogP contribution in [0.1, 0.15) is 55.1 Å². The van der Waals surface area contributed by atoms with E-state index in [2.05, 4.69) is 45.6 Å². The Labute approximate surface area is 162 Å². The number of hydrogen-bond donors (Lipinski definition) is 1. The van der Waals surface area contributed by atoms with Gasteiger partial charge in [0.15, 0.2) is 0 Å². The van der Waals surface area contributed by atoms with Gasteiger partial charge in [-0.3, -0.25) is 14.4 Å². The van der Waals surface area contributed by atoms with Gasteiger partial charge in [0.25, 0.3) is 0 Å². The van der Waals surface area contributed by atoms with Gasteiger partial charge in [0, 0.05) is 25.2 Å². The number of hydrogen-bond acceptors (Lipinski definition) is 3. The molecule has 0 bridgehead atoms. The number of amides is 1. The Balaban J connectivity index is 1.58. The summed E-state index contributed by atoms with van der Waals surface area (Å²) >= 11 is 0. The van der Waals surface area contributed by atoms with Gasteiger partial charge in [0.05, 0.1) is 11.7 Å². The second-order valence-corrected chi connectivity index (χ2v) is 7.58. The van der Waals surface area contributed by atoms with Gasteiger partial charge in [-0.25, -0.2) is 0 Å². The number of aryl methyl sites for hydroxylation is 3. The molecule has 1 amide bonds. The lowest BCUT2D eigenvalue weighted by Crippen LogP contribution is -2.38. The van der Waals surface area contributed by atoms with Crippen molar-refractivity contribution in [3.63, 3.8) is 0 Å². The third-order valence-electron chi connectivity index (χ3n) is 5.41. The van der Waals surface area contributed by atoms with Gasteiger partial charge in [0.2, 0.25) is 5.91 Å². The fraction of sp³-hybridized carbons (Fsp3) is 0.545. The molecule has 27 heavy (non-hydrogen) atoms. The largest absolute Gasteiger partial charge is 0.354 e. The minimum absolute atomic E-state index is 0.0957. The second-order valence-electron chi connectivity index (χ2n) is 7.58. The lowest BCUT2D eigenvalue weighted by molar-refractivity contribution is -0.121. The quantitative estimate of drug-likeness (QED) is 0.812. The zero-order valence-electron chi connectivity index (χ0n) is 16.7. The lowest BCUT2D eigenvalue weighted by Gasteiger charge is -2.31. The Morgan fingerprint density at radius 1 is 1.11 bits per heavy atom. The first-order valence-corrected chi connectivity index (χ1v) is 10.2. The average molecular weight is 369 g/mol. The molecule has 0 spiro atoms. The Morgan fingerprint density at radius 3 is 2.44 bits per heavy atom. The molecule has 1 aliphatic heterocycles. The number of likely N-dealkylation sites (tertiary alicyclic amines) is 1. The van der Waals surface area contributed by atoms with E-state index in [0.29, 0.717) is 19.5 Å². The highest BCUT2D eigenvalue weighted by Crippen LogP contribution is 2.23. The minimum atomic E-state index is 0.0957. The first-order valence-electron chi connectivity index (χ1n) is 10.2. The second kappa shape index (κ2) is 9.70. The van der Waals surface area contributed by atoms with Crippen LogP contribution in [0.5, 0.6) is 0 Å². The summed E-state index contributed by atoms with van der Waals surface area (Å²) in [5.41, 5.74) is 3.39. The van der Waals surface area contributed by atoms with Gasteiger partial charge < -0.3 is 5.32 Å². The van der Waals surface area contributed by atoms with E-state index in [-0.39, 0.29) is 11.9 Å². The van der Waals surface area contributed by atoms with Crippen molar-refractivity contribution >= 4 is 5.91 Å². The topological polar surface area (TPSA) is 50.2 Å². The van der Waals surface area contributed by atoms with Crippen LogP contribution in [0.4, 0.5) is 0 Å². The highest BCUT2D eigenvalue weighted by Gasteiger charge is 2.22. The molecule has 0 saturated carbocycles. The average Bonchev–Trinajstić information content (AvgIpc) is 2.86. The molecule has 1 N–H and O–H groups in total. The first-order chi connectivity index (χ1) is 13.1. The normalized spacial score (nSPS) is 16.7. The number of carbonyl (C=O) groups excluding carboxylic acids is 1. The standard InChI is InChI=1S/C22H32N4O/c1-18-16-19(2)26(24-18)15-12-22(27)23-17-21(20-10-6-5-7-11-20)25-13-8-3-4-9-14-25/h5-7,10-11,16,21H,3-4,8-9,12-15,17H2,1-2H3,(H,23,27). The van der Waals surface area contributed by atoms with Crippen LogP contribution in [-0.4, -0.2) is 40.2 Å². The SMILES string of the molecule is Cc1cc(C)n(CCC(=O)NCC(c2ccccc2)N2CCCCCC2)n1. The number of nitrogens with one attached hydrogen (secondary N) is 1. The van der Waals surface area contributed by atoms with Gasteiger partial charge in [0.1, 0.15) is 0 Å². The van der Waals surface area contributed by atoms with Gasteiger partial charge >= 0.3 is 0 Å². The third-order valence-corrected chi connectivity index (χ3v) is 5.41. The molecule has 146 valence electrons. The van der Waals surface area contributed by atoms with Crippen molar-refractivity contribution in [3.05, 3.63) is 53.3 Å². The molecule has 3 rings (SSSR count). The molecule has 5 nitrogen and oxygen atoms in total. The molecular weight excluding hydrogens is 336 g/mol. The summed E-state index contributed by atoms with van der Waals surface area (Å²) in [5, 5.41) is 7.61. The van der Waals surface area contributed by atoms with E-state index >= 15 is 0 Å². The zero-order valence-corrected chi connectivity index (χ0v) is 16.7. The van der Waals surface area contributed by atoms with E-state index in [1.807, 2.05) is 24.6 Å². The van der Waals surface area contributed by atoms with Crippen molar-refractivity contribution in [2.75, 3.05) is 19.6 Å². The molecule has 1 fully saturated rings. The van der Waals surface area contributed by atoms with Crippen molar-refractivity contribution in [2.24, 2.45) is 0 Å². The molecule has 1 unspecified atom stereocenters. The van der Waals surface area contributed by atoms with Crippen LogP contribution < -0.4 is 5.32 Å². The number of aromatic nitrogens is 2. The maximum absolute atomic E-state index is 12.5. The number of rotatable bonds is 7. The highest BCUT2D eigenvalue weighted by atomic mass is 16.1.